The summed E-state index contributed by atoms with van der Waals surface area (Å²) in [5, 5.41) is 7.86. The van der Waals surface area contributed by atoms with Crippen molar-refractivity contribution < 1.29 is 0 Å². The van der Waals surface area contributed by atoms with E-state index in [1.54, 1.807) is 0 Å². The van der Waals surface area contributed by atoms with Gasteiger partial charge in [0.25, 0.3) is 0 Å². The van der Waals surface area contributed by atoms with Gasteiger partial charge in [-0.15, -0.1) is 0 Å². The molecule has 0 aliphatic heterocycles. The third-order valence-electron chi connectivity index (χ3n) is 3.72. The number of hydrogen-bond donors (Lipinski definition) is 1. The summed E-state index contributed by atoms with van der Waals surface area (Å²) >= 11 is 0. The Morgan fingerprint density at radius 2 is 2.00 bits per heavy atom. The maximum atomic E-state index is 4.22. The van der Waals surface area contributed by atoms with E-state index in [2.05, 4.69) is 37.3 Å². The van der Waals surface area contributed by atoms with Crippen molar-refractivity contribution in [1.29, 1.82) is 0 Å². The van der Waals surface area contributed by atoms with Gasteiger partial charge in [-0.25, -0.2) is 0 Å². The molecule has 0 bridgehead atoms. The minimum absolute atomic E-state index is 0.643. The zero-order chi connectivity index (χ0) is 12.7. The molecule has 1 aromatic heterocycles. The van der Waals surface area contributed by atoms with E-state index in [1.165, 1.54) is 25.0 Å². The summed E-state index contributed by atoms with van der Waals surface area (Å²) in [6, 6.07) is 2.76. The normalized spacial score (nSPS) is 13.2. The third-order valence-corrected chi connectivity index (χ3v) is 3.72. The first kappa shape index (κ1) is 14.2. The van der Waals surface area contributed by atoms with E-state index in [0.717, 1.165) is 18.9 Å². The SMILES string of the molecule is CCNC(CCc1ccnn1C)C(CC)CC. The first-order chi connectivity index (χ1) is 8.22. The Bertz CT molecular complexity index is 302. The Morgan fingerprint density at radius 1 is 1.29 bits per heavy atom. The molecule has 1 atom stereocenters. The lowest BCUT2D eigenvalue weighted by molar-refractivity contribution is 0.321. The van der Waals surface area contributed by atoms with Gasteiger partial charge >= 0.3 is 0 Å². The van der Waals surface area contributed by atoms with Crippen molar-refractivity contribution in [2.45, 2.75) is 52.5 Å². The zero-order valence-corrected chi connectivity index (χ0v) is 11.7. The molecule has 0 saturated carbocycles. The van der Waals surface area contributed by atoms with Gasteiger partial charge in [0, 0.05) is 25.0 Å². The van der Waals surface area contributed by atoms with Crippen LogP contribution in [0.3, 0.4) is 0 Å². The van der Waals surface area contributed by atoms with Gasteiger partial charge in [0.05, 0.1) is 0 Å². The minimum atomic E-state index is 0.643. The summed E-state index contributed by atoms with van der Waals surface area (Å²) in [5.41, 5.74) is 1.33. The summed E-state index contributed by atoms with van der Waals surface area (Å²) in [6.07, 6.45) is 6.73. The van der Waals surface area contributed by atoms with Gasteiger partial charge in [-0.2, -0.15) is 5.10 Å². The number of aryl methyl sites for hydroxylation is 2. The van der Waals surface area contributed by atoms with Gasteiger partial charge in [-0.05, 0) is 31.4 Å². The van der Waals surface area contributed by atoms with Crippen LogP contribution in [0.5, 0.6) is 0 Å². The molecule has 3 nitrogen and oxygen atoms in total. The fourth-order valence-electron chi connectivity index (χ4n) is 2.57. The van der Waals surface area contributed by atoms with Crippen molar-refractivity contribution in [2.24, 2.45) is 13.0 Å². The molecule has 0 saturated heterocycles. The summed E-state index contributed by atoms with van der Waals surface area (Å²) in [6.45, 7) is 7.84. The van der Waals surface area contributed by atoms with E-state index in [1.807, 2.05) is 17.9 Å². The monoisotopic (exact) mass is 237 g/mol. The van der Waals surface area contributed by atoms with Crippen molar-refractivity contribution in [1.82, 2.24) is 15.1 Å². The van der Waals surface area contributed by atoms with Gasteiger partial charge in [0.1, 0.15) is 0 Å². The van der Waals surface area contributed by atoms with E-state index in [0.29, 0.717) is 6.04 Å². The van der Waals surface area contributed by atoms with E-state index in [-0.39, 0.29) is 0 Å². The Labute approximate surface area is 106 Å². The average molecular weight is 237 g/mol. The van der Waals surface area contributed by atoms with Crippen LogP contribution in [0.25, 0.3) is 0 Å². The van der Waals surface area contributed by atoms with Crippen LogP contribution in [0.1, 0.15) is 45.7 Å². The van der Waals surface area contributed by atoms with Crippen molar-refractivity contribution in [3.8, 4) is 0 Å². The first-order valence-corrected chi connectivity index (χ1v) is 6.93. The second-order valence-electron chi connectivity index (χ2n) is 4.73. The van der Waals surface area contributed by atoms with E-state index in [4.69, 9.17) is 0 Å². The molecule has 0 fully saturated rings. The largest absolute Gasteiger partial charge is 0.314 e. The third kappa shape index (κ3) is 4.15. The zero-order valence-electron chi connectivity index (χ0n) is 11.7. The number of nitrogens with one attached hydrogen (secondary N) is 1. The second kappa shape index (κ2) is 7.49. The summed E-state index contributed by atoms with van der Waals surface area (Å²) in [4.78, 5) is 0. The highest BCUT2D eigenvalue weighted by atomic mass is 15.2. The van der Waals surface area contributed by atoms with Crippen molar-refractivity contribution in [3.05, 3.63) is 18.0 Å². The van der Waals surface area contributed by atoms with Gasteiger partial charge in [-0.3, -0.25) is 4.68 Å². The lowest BCUT2D eigenvalue weighted by Gasteiger charge is -2.26. The van der Waals surface area contributed by atoms with E-state index in [9.17, 15) is 0 Å². The van der Waals surface area contributed by atoms with Gasteiger partial charge in [0.2, 0.25) is 0 Å². The van der Waals surface area contributed by atoms with Gasteiger partial charge < -0.3 is 5.32 Å². The molecule has 1 aromatic rings. The molecule has 0 aliphatic rings. The first-order valence-electron chi connectivity index (χ1n) is 6.93. The smallest absolute Gasteiger partial charge is 0.0492 e. The average Bonchev–Trinajstić information content (AvgIpc) is 2.73. The lowest BCUT2D eigenvalue weighted by Crippen LogP contribution is -2.36. The molecule has 0 aromatic carbocycles. The molecule has 0 aliphatic carbocycles. The van der Waals surface area contributed by atoms with Crippen LogP contribution in [0.4, 0.5) is 0 Å². The van der Waals surface area contributed by atoms with Crippen LogP contribution < -0.4 is 5.32 Å². The van der Waals surface area contributed by atoms with E-state index < -0.39 is 0 Å². The Hall–Kier alpha value is -0.830. The molecule has 1 rings (SSSR count). The van der Waals surface area contributed by atoms with Crippen LogP contribution in [-0.4, -0.2) is 22.4 Å². The van der Waals surface area contributed by atoms with Crippen molar-refractivity contribution in [3.63, 3.8) is 0 Å². The Balaban J connectivity index is 2.52. The van der Waals surface area contributed by atoms with Gasteiger partial charge in [-0.1, -0.05) is 33.6 Å². The maximum Gasteiger partial charge on any atom is 0.0492 e. The predicted octanol–water partition coefficient (Wildman–Crippen LogP) is 2.77. The molecule has 1 unspecified atom stereocenters. The van der Waals surface area contributed by atoms with E-state index >= 15 is 0 Å². The summed E-state index contributed by atoms with van der Waals surface area (Å²) < 4.78 is 1.98. The quantitative estimate of drug-likeness (QED) is 0.753. The molecule has 0 amide bonds. The van der Waals surface area contributed by atoms with Crippen molar-refractivity contribution in [2.75, 3.05) is 6.54 Å². The fraction of sp³-hybridized carbons (Fsp3) is 0.786. The molecule has 0 radical (unpaired) electrons. The van der Waals surface area contributed by atoms with Crippen LogP contribution in [0.2, 0.25) is 0 Å². The molecular weight excluding hydrogens is 210 g/mol. The molecule has 17 heavy (non-hydrogen) atoms. The van der Waals surface area contributed by atoms with Crippen molar-refractivity contribution >= 4 is 0 Å². The fourth-order valence-corrected chi connectivity index (χ4v) is 2.57. The van der Waals surface area contributed by atoms with Crippen LogP contribution in [-0.2, 0) is 13.5 Å². The summed E-state index contributed by atoms with van der Waals surface area (Å²) in [7, 11) is 2.02. The van der Waals surface area contributed by atoms with Crippen LogP contribution >= 0.6 is 0 Å². The molecule has 1 heterocycles. The molecule has 0 spiro atoms. The summed E-state index contributed by atoms with van der Waals surface area (Å²) in [5.74, 6) is 0.795. The highest BCUT2D eigenvalue weighted by Gasteiger charge is 2.17. The predicted molar refractivity (Wildman–Crippen MR) is 73.1 cm³/mol. The molecular formula is C14H27N3. The highest BCUT2D eigenvalue weighted by Crippen LogP contribution is 2.17. The topological polar surface area (TPSA) is 29.9 Å². The van der Waals surface area contributed by atoms with Crippen LogP contribution in [0.15, 0.2) is 12.3 Å². The standard InChI is InChI=1S/C14H27N3/c1-5-12(6-2)14(15-7-3)9-8-13-10-11-16-17(13)4/h10-12,14-15H,5-9H2,1-4H3. The molecule has 98 valence electrons. The Kier molecular flexibility index (Phi) is 6.27. The highest BCUT2D eigenvalue weighted by molar-refractivity contribution is 5.00. The molecule has 1 N–H and O–H groups in total. The minimum Gasteiger partial charge on any atom is -0.314 e. The number of hydrogen-bond acceptors (Lipinski definition) is 2. The van der Waals surface area contributed by atoms with Gasteiger partial charge in [0.15, 0.2) is 0 Å². The van der Waals surface area contributed by atoms with Crippen LogP contribution in [0, 0.1) is 5.92 Å². The molecule has 3 heteroatoms. The second-order valence-corrected chi connectivity index (χ2v) is 4.73. The Morgan fingerprint density at radius 3 is 2.47 bits per heavy atom. The number of rotatable bonds is 8. The maximum absolute atomic E-state index is 4.22. The number of nitrogens with zero attached hydrogens (tertiary/aromatic N) is 2. The number of aromatic nitrogens is 2. The lowest BCUT2D eigenvalue weighted by atomic mass is 9.90.